The Morgan fingerprint density at radius 2 is 2.00 bits per heavy atom. The number of benzene rings is 1. The third-order valence-corrected chi connectivity index (χ3v) is 2.75. The summed E-state index contributed by atoms with van der Waals surface area (Å²) in [5.74, 6) is 0. The summed E-state index contributed by atoms with van der Waals surface area (Å²) in [6, 6.07) is 7.55. The van der Waals surface area contributed by atoms with Gasteiger partial charge in [0.15, 0.2) is 0 Å². The second kappa shape index (κ2) is 5.73. The summed E-state index contributed by atoms with van der Waals surface area (Å²) in [6.45, 7) is 0.174. The van der Waals surface area contributed by atoms with Crippen molar-refractivity contribution in [3.8, 4) is 0 Å². The summed E-state index contributed by atoms with van der Waals surface area (Å²) in [5, 5.41) is 8.57. The average molecular weight is 210 g/mol. The van der Waals surface area contributed by atoms with Crippen molar-refractivity contribution in [1.29, 1.82) is 0 Å². The molecule has 2 nitrogen and oxygen atoms in total. The molecule has 1 atom stereocenters. The highest BCUT2D eigenvalue weighted by atomic mass is 32.2. The normalized spacial score (nSPS) is 13.3. The van der Waals surface area contributed by atoms with Crippen LogP contribution in [0.25, 0.3) is 6.08 Å². The molecule has 14 heavy (non-hydrogen) atoms. The van der Waals surface area contributed by atoms with Crippen molar-refractivity contribution in [3.63, 3.8) is 0 Å². The van der Waals surface area contributed by atoms with E-state index in [-0.39, 0.29) is 6.61 Å². The summed E-state index contributed by atoms with van der Waals surface area (Å²) in [5.41, 5.74) is 1.06. The molecule has 0 aromatic heterocycles. The molecular weight excluding hydrogens is 196 g/mol. The first-order chi connectivity index (χ1) is 6.74. The fraction of sp³-hybridized carbons (Fsp3) is 0.273. The van der Waals surface area contributed by atoms with E-state index in [2.05, 4.69) is 0 Å². The lowest BCUT2D eigenvalue weighted by molar-refractivity contribution is 0.303. The predicted molar refractivity (Wildman–Crippen MR) is 59.5 cm³/mol. The van der Waals surface area contributed by atoms with Gasteiger partial charge in [0, 0.05) is 28.6 Å². The summed E-state index contributed by atoms with van der Waals surface area (Å²) in [4.78, 5) is 0.837. The SMILES string of the molecule is CS(=O)c1ccc(/C=C/CCO)cc1. The molecule has 1 aromatic rings. The van der Waals surface area contributed by atoms with Crippen LogP contribution in [0.4, 0.5) is 0 Å². The third kappa shape index (κ3) is 3.44. The van der Waals surface area contributed by atoms with Crippen LogP contribution in [0.15, 0.2) is 35.2 Å². The zero-order valence-corrected chi connectivity index (χ0v) is 8.96. The van der Waals surface area contributed by atoms with Crippen molar-refractivity contribution >= 4 is 16.9 Å². The Morgan fingerprint density at radius 1 is 1.36 bits per heavy atom. The van der Waals surface area contributed by atoms with Gasteiger partial charge in [-0.25, -0.2) is 0 Å². The Kier molecular flexibility index (Phi) is 4.56. The van der Waals surface area contributed by atoms with E-state index in [1.807, 2.05) is 36.4 Å². The second-order valence-electron chi connectivity index (χ2n) is 2.94. The van der Waals surface area contributed by atoms with Gasteiger partial charge in [-0.1, -0.05) is 24.3 Å². The van der Waals surface area contributed by atoms with Crippen LogP contribution in [-0.2, 0) is 10.8 Å². The van der Waals surface area contributed by atoms with E-state index in [0.29, 0.717) is 6.42 Å². The fourth-order valence-corrected chi connectivity index (χ4v) is 1.58. The highest BCUT2D eigenvalue weighted by Gasteiger charge is 1.94. The Labute approximate surface area is 86.7 Å². The number of hydrogen-bond acceptors (Lipinski definition) is 2. The standard InChI is InChI=1S/C11H14O2S/c1-14(13)11-7-5-10(6-8-11)4-2-3-9-12/h2,4-8,12H,3,9H2,1H3/b4-2+. The van der Waals surface area contributed by atoms with Gasteiger partial charge in [-0.05, 0) is 24.1 Å². The van der Waals surface area contributed by atoms with Crippen molar-refractivity contribution < 1.29 is 9.32 Å². The first kappa shape index (κ1) is 11.1. The molecule has 0 bridgehead atoms. The average Bonchev–Trinajstić information content (AvgIpc) is 2.19. The lowest BCUT2D eigenvalue weighted by Crippen LogP contribution is -1.86. The number of hydrogen-bond donors (Lipinski definition) is 1. The van der Waals surface area contributed by atoms with Gasteiger partial charge in [0.1, 0.15) is 0 Å². The molecule has 76 valence electrons. The number of aliphatic hydroxyl groups excluding tert-OH is 1. The summed E-state index contributed by atoms with van der Waals surface area (Å²) in [6.07, 6.45) is 6.19. The first-order valence-electron chi connectivity index (χ1n) is 4.45. The molecule has 0 amide bonds. The Balaban J connectivity index is 2.68. The van der Waals surface area contributed by atoms with E-state index >= 15 is 0 Å². The fourth-order valence-electron chi connectivity index (χ4n) is 1.06. The smallest absolute Gasteiger partial charge is 0.0498 e. The van der Waals surface area contributed by atoms with E-state index in [1.54, 1.807) is 6.26 Å². The van der Waals surface area contributed by atoms with Crippen molar-refractivity contribution in [2.45, 2.75) is 11.3 Å². The Hall–Kier alpha value is -0.930. The van der Waals surface area contributed by atoms with Crippen molar-refractivity contribution in [2.75, 3.05) is 12.9 Å². The minimum Gasteiger partial charge on any atom is -0.396 e. The monoisotopic (exact) mass is 210 g/mol. The minimum absolute atomic E-state index is 0.174. The van der Waals surface area contributed by atoms with Crippen LogP contribution in [0.3, 0.4) is 0 Å². The molecule has 0 radical (unpaired) electrons. The predicted octanol–water partition coefficient (Wildman–Crippen LogP) is 1.82. The van der Waals surface area contributed by atoms with E-state index in [9.17, 15) is 4.21 Å². The lowest BCUT2D eigenvalue weighted by atomic mass is 10.2. The third-order valence-electron chi connectivity index (χ3n) is 1.82. The largest absolute Gasteiger partial charge is 0.396 e. The van der Waals surface area contributed by atoms with Crippen LogP contribution >= 0.6 is 0 Å². The van der Waals surface area contributed by atoms with Gasteiger partial charge in [0.05, 0.1) is 0 Å². The molecule has 1 unspecified atom stereocenters. The molecule has 1 rings (SSSR count). The highest BCUT2D eigenvalue weighted by molar-refractivity contribution is 7.84. The minimum atomic E-state index is -0.909. The van der Waals surface area contributed by atoms with Crippen molar-refractivity contribution in [1.82, 2.24) is 0 Å². The molecule has 1 aromatic carbocycles. The van der Waals surface area contributed by atoms with Crippen LogP contribution < -0.4 is 0 Å². The molecule has 1 N–H and O–H groups in total. The molecule has 0 aliphatic heterocycles. The van der Waals surface area contributed by atoms with Crippen LogP contribution in [0, 0.1) is 0 Å². The molecule has 0 fully saturated rings. The Bertz CT molecular complexity index is 328. The van der Waals surface area contributed by atoms with E-state index < -0.39 is 10.8 Å². The topological polar surface area (TPSA) is 37.3 Å². The Morgan fingerprint density at radius 3 is 2.50 bits per heavy atom. The molecule has 3 heteroatoms. The molecule has 0 spiro atoms. The van der Waals surface area contributed by atoms with Gasteiger partial charge in [-0.2, -0.15) is 0 Å². The molecular formula is C11H14O2S. The van der Waals surface area contributed by atoms with Crippen LogP contribution in [0.5, 0.6) is 0 Å². The van der Waals surface area contributed by atoms with Gasteiger partial charge in [0.25, 0.3) is 0 Å². The molecule has 0 saturated heterocycles. The maximum Gasteiger partial charge on any atom is 0.0498 e. The quantitative estimate of drug-likeness (QED) is 0.823. The molecule has 0 saturated carbocycles. The van der Waals surface area contributed by atoms with Gasteiger partial charge in [0.2, 0.25) is 0 Å². The van der Waals surface area contributed by atoms with Crippen LogP contribution in [0.2, 0.25) is 0 Å². The van der Waals surface area contributed by atoms with Crippen LogP contribution in [0.1, 0.15) is 12.0 Å². The summed E-state index contributed by atoms with van der Waals surface area (Å²) in [7, 11) is -0.909. The van der Waals surface area contributed by atoms with Crippen molar-refractivity contribution in [3.05, 3.63) is 35.9 Å². The highest BCUT2D eigenvalue weighted by Crippen LogP contribution is 2.09. The van der Waals surface area contributed by atoms with Gasteiger partial charge < -0.3 is 5.11 Å². The van der Waals surface area contributed by atoms with Crippen LogP contribution in [-0.4, -0.2) is 22.2 Å². The maximum absolute atomic E-state index is 11.1. The molecule has 0 heterocycles. The lowest BCUT2D eigenvalue weighted by Gasteiger charge is -1.96. The summed E-state index contributed by atoms with van der Waals surface area (Å²) >= 11 is 0. The van der Waals surface area contributed by atoms with Gasteiger partial charge >= 0.3 is 0 Å². The molecule has 0 aliphatic carbocycles. The zero-order valence-electron chi connectivity index (χ0n) is 8.14. The zero-order chi connectivity index (χ0) is 10.4. The van der Waals surface area contributed by atoms with E-state index in [0.717, 1.165) is 10.5 Å². The number of aliphatic hydroxyl groups is 1. The maximum atomic E-state index is 11.1. The van der Waals surface area contributed by atoms with Gasteiger partial charge in [-0.3, -0.25) is 4.21 Å². The summed E-state index contributed by atoms with van der Waals surface area (Å²) < 4.78 is 11.1. The number of rotatable bonds is 4. The van der Waals surface area contributed by atoms with E-state index in [1.165, 1.54) is 0 Å². The molecule has 0 aliphatic rings. The van der Waals surface area contributed by atoms with Gasteiger partial charge in [-0.15, -0.1) is 0 Å². The second-order valence-corrected chi connectivity index (χ2v) is 4.32. The first-order valence-corrected chi connectivity index (χ1v) is 6.00. The van der Waals surface area contributed by atoms with E-state index in [4.69, 9.17) is 5.11 Å². The van der Waals surface area contributed by atoms with Crippen molar-refractivity contribution in [2.24, 2.45) is 0 Å².